The summed E-state index contributed by atoms with van der Waals surface area (Å²) in [7, 11) is 0. The Balaban J connectivity index is 1.52. The predicted octanol–water partition coefficient (Wildman–Crippen LogP) is 3.94. The molecule has 0 aliphatic carbocycles. The Kier molecular flexibility index (Phi) is 3.87. The number of fused-ring (bicyclic) bond motifs is 1. The molecule has 0 amide bonds. The number of anilines is 2. The van der Waals surface area contributed by atoms with Crippen LogP contribution in [0, 0.1) is 0 Å². The Morgan fingerprint density at radius 1 is 1.26 bits per heavy atom. The molecular weight excluding hydrogens is 304 g/mol. The number of para-hydroxylation sites is 1. The fraction of sp³-hybridized carbons (Fsp3) is 0.333. The SMILES string of the molecule is CCc1cc2c(NC3CCN(c4ccccc4)C3)ncnc2s1. The van der Waals surface area contributed by atoms with E-state index in [1.807, 2.05) is 0 Å². The first-order chi connectivity index (χ1) is 11.3. The van der Waals surface area contributed by atoms with Gasteiger partial charge in [-0.3, -0.25) is 0 Å². The molecule has 1 unspecified atom stereocenters. The third-order valence-electron chi connectivity index (χ3n) is 4.38. The highest BCUT2D eigenvalue weighted by Gasteiger charge is 2.23. The lowest BCUT2D eigenvalue weighted by molar-refractivity contribution is 0.802. The average molecular weight is 324 g/mol. The van der Waals surface area contributed by atoms with E-state index < -0.39 is 0 Å². The summed E-state index contributed by atoms with van der Waals surface area (Å²) in [6.07, 6.45) is 3.85. The maximum absolute atomic E-state index is 4.48. The second-order valence-corrected chi connectivity index (χ2v) is 7.03. The molecule has 118 valence electrons. The molecule has 1 aliphatic rings. The maximum Gasteiger partial charge on any atom is 0.138 e. The van der Waals surface area contributed by atoms with Crippen molar-refractivity contribution in [1.29, 1.82) is 0 Å². The topological polar surface area (TPSA) is 41.0 Å². The zero-order valence-corrected chi connectivity index (χ0v) is 14.0. The predicted molar refractivity (Wildman–Crippen MR) is 97.5 cm³/mol. The van der Waals surface area contributed by atoms with Crippen molar-refractivity contribution in [2.45, 2.75) is 25.8 Å². The van der Waals surface area contributed by atoms with Gasteiger partial charge in [-0.15, -0.1) is 11.3 Å². The number of thiophene rings is 1. The minimum Gasteiger partial charge on any atom is -0.369 e. The van der Waals surface area contributed by atoms with Crippen LogP contribution >= 0.6 is 11.3 Å². The molecule has 1 saturated heterocycles. The molecule has 3 aromatic rings. The lowest BCUT2D eigenvalue weighted by Crippen LogP contribution is -2.26. The zero-order valence-electron chi connectivity index (χ0n) is 13.2. The van der Waals surface area contributed by atoms with Gasteiger partial charge in [0.05, 0.1) is 5.39 Å². The van der Waals surface area contributed by atoms with Crippen molar-refractivity contribution in [1.82, 2.24) is 9.97 Å². The van der Waals surface area contributed by atoms with Gasteiger partial charge in [-0.2, -0.15) is 0 Å². The maximum atomic E-state index is 4.48. The van der Waals surface area contributed by atoms with E-state index in [0.717, 1.165) is 42.0 Å². The van der Waals surface area contributed by atoms with Gasteiger partial charge in [-0.25, -0.2) is 9.97 Å². The Hall–Kier alpha value is -2.14. The zero-order chi connectivity index (χ0) is 15.6. The Morgan fingerprint density at radius 3 is 2.96 bits per heavy atom. The van der Waals surface area contributed by atoms with Crippen molar-refractivity contribution in [3.05, 3.63) is 47.6 Å². The normalized spacial score (nSPS) is 17.8. The molecule has 5 heteroatoms. The van der Waals surface area contributed by atoms with Crippen LogP contribution in [-0.2, 0) is 6.42 Å². The minimum absolute atomic E-state index is 0.429. The highest BCUT2D eigenvalue weighted by Crippen LogP contribution is 2.30. The third kappa shape index (κ3) is 2.88. The number of aromatic nitrogens is 2. The number of hydrogen-bond acceptors (Lipinski definition) is 5. The molecule has 0 bridgehead atoms. The molecular formula is C18H20N4S. The molecule has 1 fully saturated rings. The van der Waals surface area contributed by atoms with Crippen LogP contribution in [0.25, 0.3) is 10.2 Å². The fourth-order valence-corrected chi connectivity index (χ4v) is 4.07. The van der Waals surface area contributed by atoms with E-state index in [9.17, 15) is 0 Å². The second kappa shape index (κ2) is 6.16. The van der Waals surface area contributed by atoms with Crippen LogP contribution in [0.1, 0.15) is 18.2 Å². The summed E-state index contributed by atoms with van der Waals surface area (Å²) in [5.74, 6) is 0.978. The summed E-state index contributed by atoms with van der Waals surface area (Å²) >= 11 is 1.77. The van der Waals surface area contributed by atoms with E-state index in [-0.39, 0.29) is 0 Å². The summed E-state index contributed by atoms with van der Waals surface area (Å²) < 4.78 is 0. The molecule has 1 atom stereocenters. The molecule has 1 N–H and O–H groups in total. The van der Waals surface area contributed by atoms with Crippen molar-refractivity contribution in [2.75, 3.05) is 23.3 Å². The lowest BCUT2D eigenvalue weighted by atomic mass is 10.2. The molecule has 3 heterocycles. The second-order valence-electron chi connectivity index (χ2n) is 5.92. The first-order valence-corrected chi connectivity index (χ1v) is 8.95. The molecule has 1 aromatic carbocycles. The number of benzene rings is 1. The van der Waals surface area contributed by atoms with Crippen LogP contribution in [-0.4, -0.2) is 29.1 Å². The molecule has 4 nitrogen and oxygen atoms in total. The van der Waals surface area contributed by atoms with Gasteiger partial charge in [-0.1, -0.05) is 25.1 Å². The molecule has 23 heavy (non-hydrogen) atoms. The molecule has 0 saturated carbocycles. The minimum atomic E-state index is 0.429. The van der Waals surface area contributed by atoms with Crippen LogP contribution in [0.4, 0.5) is 11.5 Å². The molecule has 0 spiro atoms. The van der Waals surface area contributed by atoms with Gasteiger partial charge in [0.1, 0.15) is 17.0 Å². The summed E-state index contributed by atoms with van der Waals surface area (Å²) in [4.78, 5) is 13.8. The number of nitrogens with one attached hydrogen (secondary N) is 1. The smallest absolute Gasteiger partial charge is 0.138 e. The first-order valence-electron chi connectivity index (χ1n) is 8.13. The quantitative estimate of drug-likeness (QED) is 0.789. The van der Waals surface area contributed by atoms with Crippen LogP contribution in [0.2, 0.25) is 0 Å². The van der Waals surface area contributed by atoms with E-state index >= 15 is 0 Å². The largest absolute Gasteiger partial charge is 0.369 e. The Bertz CT molecular complexity index is 799. The highest BCUT2D eigenvalue weighted by atomic mass is 32.1. The van der Waals surface area contributed by atoms with Gasteiger partial charge < -0.3 is 10.2 Å². The first kappa shape index (κ1) is 14.5. The standard InChI is InChI=1S/C18H20N4S/c1-2-15-10-16-17(19-12-20-18(16)23-15)21-13-8-9-22(11-13)14-6-4-3-5-7-14/h3-7,10,12-13H,2,8-9,11H2,1H3,(H,19,20,21). The van der Waals surface area contributed by atoms with E-state index in [1.54, 1.807) is 17.7 Å². The van der Waals surface area contributed by atoms with Gasteiger partial charge >= 0.3 is 0 Å². The summed E-state index contributed by atoms with van der Waals surface area (Å²) in [5.41, 5.74) is 1.30. The Labute approximate surface area is 140 Å². The van der Waals surface area contributed by atoms with Crippen LogP contribution in [0.15, 0.2) is 42.7 Å². The lowest BCUT2D eigenvalue weighted by Gasteiger charge is -2.19. The van der Waals surface area contributed by atoms with Gasteiger partial charge in [0.2, 0.25) is 0 Å². The number of aryl methyl sites for hydroxylation is 1. The number of rotatable bonds is 4. The third-order valence-corrected chi connectivity index (χ3v) is 5.57. The van der Waals surface area contributed by atoms with Crippen molar-refractivity contribution in [2.24, 2.45) is 0 Å². The van der Waals surface area contributed by atoms with Gasteiger partial charge in [0.25, 0.3) is 0 Å². The van der Waals surface area contributed by atoms with Crippen molar-refractivity contribution >= 4 is 33.1 Å². The van der Waals surface area contributed by atoms with E-state index in [0.29, 0.717) is 6.04 Å². The Morgan fingerprint density at radius 2 is 2.13 bits per heavy atom. The van der Waals surface area contributed by atoms with Crippen molar-refractivity contribution < 1.29 is 0 Å². The summed E-state index contributed by atoms with van der Waals surface area (Å²) in [5, 5.41) is 4.79. The number of nitrogens with zero attached hydrogens (tertiary/aromatic N) is 3. The van der Waals surface area contributed by atoms with Crippen LogP contribution in [0.5, 0.6) is 0 Å². The fourth-order valence-electron chi connectivity index (χ4n) is 3.14. The average Bonchev–Trinajstić information content (AvgIpc) is 3.22. The van der Waals surface area contributed by atoms with Gasteiger partial charge in [0.15, 0.2) is 0 Å². The molecule has 4 rings (SSSR count). The van der Waals surface area contributed by atoms with E-state index in [1.165, 1.54) is 10.6 Å². The summed E-state index contributed by atoms with van der Waals surface area (Å²) in [6.45, 7) is 4.28. The van der Waals surface area contributed by atoms with Gasteiger partial charge in [-0.05, 0) is 31.0 Å². The monoisotopic (exact) mass is 324 g/mol. The van der Waals surface area contributed by atoms with Crippen molar-refractivity contribution in [3.63, 3.8) is 0 Å². The van der Waals surface area contributed by atoms with Crippen LogP contribution < -0.4 is 10.2 Å². The van der Waals surface area contributed by atoms with Gasteiger partial charge in [0, 0.05) is 29.7 Å². The highest BCUT2D eigenvalue weighted by molar-refractivity contribution is 7.18. The van der Waals surface area contributed by atoms with Crippen LogP contribution in [0.3, 0.4) is 0 Å². The summed E-state index contributed by atoms with van der Waals surface area (Å²) in [6, 6.07) is 13.3. The molecule has 2 aromatic heterocycles. The van der Waals surface area contributed by atoms with E-state index in [4.69, 9.17) is 0 Å². The molecule has 0 radical (unpaired) electrons. The number of hydrogen-bond donors (Lipinski definition) is 1. The molecule has 1 aliphatic heterocycles. The van der Waals surface area contributed by atoms with Crippen molar-refractivity contribution in [3.8, 4) is 0 Å². The van der Waals surface area contributed by atoms with E-state index in [2.05, 4.69) is 63.5 Å².